The molecule has 0 unspecified atom stereocenters. The van der Waals surface area contributed by atoms with E-state index < -0.39 is 0 Å². The monoisotopic (exact) mass is 227 g/mol. The molecule has 0 radical (unpaired) electrons. The Morgan fingerprint density at radius 1 is 0.941 bits per heavy atom. The second-order valence-electron chi connectivity index (χ2n) is 4.26. The molecule has 0 amide bonds. The Kier molecular flexibility index (Phi) is 2.91. The van der Waals surface area contributed by atoms with Crippen LogP contribution >= 0.6 is 0 Å². The summed E-state index contributed by atoms with van der Waals surface area (Å²) in [5, 5.41) is 0. The van der Waals surface area contributed by atoms with Gasteiger partial charge in [-0.1, -0.05) is 24.3 Å². The highest BCUT2D eigenvalue weighted by Gasteiger charge is 2.08. The number of nitrogens with two attached hydrogens (primary N) is 2. The molecule has 0 aliphatic carbocycles. The van der Waals surface area contributed by atoms with Crippen molar-refractivity contribution in [3.05, 3.63) is 42.5 Å². The van der Waals surface area contributed by atoms with Crippen molar-refractivity contribution in [2.75, 3.05) is 30.5 Å². The van der Waals surface area contributed by atoms with Crippen LogP contribution in [0.2, 0.25) is 0 Å². The van der Waals surface area contributed by atoms with E-state index in [-0.39, 0.29) is 0 Å². The van der Waals surface area contributed by atoms with Crippen molar-refractivity contribution in [3.8, 4) is 11.1 Å². The second kappa shape index (κ2) is 4.37. The van der Waals surface area contributed by atoms with E-state index in [0.717, 1.165) is 28.2 Å². The van der Waals surface area contributed by atoms with Gasteiger partial charge in [-0.25, -0.2) is 0 Å². The largest absolute Gasteiger partial charge is 0.399 e. The molecular weight excluding hydrogens is 210 g/mol. The summed E-state index contributed by atoms with van der Waals surface area (Å²) in [6.45, 7) is 0. The lowest BCUT2D eigenvalue weighted by Crippen LogP contribution is -2.11. The predicted molar refractivity (Wildman–Crippen MR) is 75.0 cm³/mol. The molecule has 2 aromatic rings. The number of hydrogen-bond acceptors (Lipinski definition) is 3. The van der Waals surface area contributed by atoms with Crippen LogP contribution in [-0.4, -0.2) is 14.1 Å². The molecule has 0 heterocycles. The van der Waals surface area contributed by atoms with Gasteiger partial charge in [-0.05, 0) is 23.8 Å². The van der Waals surface area contributed by atoms with Crippen molar-refractivity contribution >= 4 is 17.1 Å². The SMILES string of the molecule is CN(C)c1cccc(-c2cccc(N)c2)c1N. The Bertz CT molecular complexity index is 533. The zero-order valence-corrected chi connectivity index (χ0v) is 10.1. The van der Waals surface area contributed by atoms with Gasteiger partial charge in [-0.15, -0.1) is 0 Å². The van der Waals surface area contributed by atoms with Crippen molar-refractivity contribution in [2.24, 2.45) is 0 Å². The quantitative estimate of drug-likeness (QED) is 0.775. The number of hydrogen-bond donors (Lipinski definition) is 2. The van der Waals surface area contributed by atoms with Gasteiger partial charge in [0.1, 0.15) is 0 Å². The van der Waals surface area contributed by atoms with Crippen LogP contribution in [0, 0.1) is 0 Å². The summed E-state index contributed by atoms with van der Waals surface area (Å²) < 4.78 is 0. The lowest BCUT2D eigenvalue weighted by Gasteiger charge is -2.17. The zero-order valence-electron chi connectivity index (χ0n) is 10.1. The van der Waals surface area contributed by atoms with Gasteiger partial charge in [-0.2, -0.15) is 0 Å². The first-order valence-corrected chi connectivity index (χ1v) is 5.51. The Balaban J connectivity index is 2.57. The topological polar surface area (TPSA) is 55.3 Å². The lowest BCUT2D eigenvalue weighted by molar-refractivity contribution is 1.13. The molecule has 3 heteroatoms. The van der Waals surface area contributed by atoms with E-state index in [2.05, 4.69) is 0 Å². The molecule has 17 heavy (non-hydrogen) atoms. The molecule has 0 bridgehead atoms. The average Bonchev–Trinajstić information content (AvgIpc) is 2.29. The van der Waals surface area contributed by atoms with Gasteiger partial charge in [0.15, 0.2) is 0 Å². The molecule has 88 valence electrons. The van der Waals surface area contributed by atoms with Gasteiger partial charge in [0.2, 0.25) is 0 Å². The van der Waals surface area contributed by atoms with E-state index in [1.54, 1.807) is 0 Å². The summed E-state index contributed by atoms with van der Waals surface area (Å²) in [5.41, 5.74) is 16.6. The molecule has 0 saturated heterocycles. The van der Waals surface area contributed by atoms with Gasteiger partial charge in [0.05, 0.1) is 11.4 Å². The summed E-state index contributed by atoms with van der Waals surface area (Å²) in [5.74, 6) is 0. The van der Waals surface area contributed by atoms with Crippen LogP contribution in [0.1, 0.15) is 0 Å². The maximum Gasteiger partial charge on any atom is 0.0631 e. The van der Waals surface area contributed by atoms with Crippen LogP contribution < -0.4 is 16.4 Å². The minimum Gasteiger partial charge on any atom is -0.399 e. The van der Waals surface area contributed by atoms with E-state index in [1.807, 2.05) is 61.5 Å². The zero-order chi connectivity index (χ0) is 12.4. The first-order chi connectivity index (χ1) is 8.09. The molecule has 0 aliphatic heterocycles. The maximum absolute atomic E-state index is 6.18. The standard InChI is InChI=1S/C14H17N3/c1-17(2)13-8-4-7-12(14(13)16)10-5-3-6-11(15)9-10/h3-9H,15-16H2,1-2H3. The third-order valence-corrected chi connectivity index (χ3v) is 2.76. The summed E-state index contributed by atoms with van der Waals surface area (Å²) in [6, 6.07) is 13.8. The van der Waals surface area contributed by atoms with Crippen molar-refractivity contribution in [2.45, 2.75) is 0 Å². The van der Waals surface area contributed by atoms with E-state index in [1.165, 1.54) is 0 Å². The van der Waals surface area contributed by atoms with E-state index in [4.69, 9.17) is 11.5 Å². The van der Waals surface area contributed by atoms with Crippen molar-refractivity contribution in [3.63, 3.8) is 0 Å². The van der Waals surface area contributed by atoms with Crippen LogP contribution in [0.25, 0.3) is 11.1 Å². The first-order valence-electron chi connectivity index (χ1n) is 5.51. The molecule has 2 rings (SSSR count). The highest BCUT2D eigenvalue weighted by Crippen LogP contribution is 2.33. The van der Waals surface area contributed by atoms with Gasteiger partial charge in [0, 0.05) is 25.3 Å². The van der Waals surface area contributed by atoms with Gasteiger partial charge in [0.25, 0.3) is 0 Å². The molecule has 0 aliphatic rings. The highest BCUT2D eigenvalue weighted by molar-refractivity contribution is 5.86. The molecule has 4 N–H and O–H groups in total. The third kappa shape index (κ3) is 2.18. The fourth-order valence-corrected chi connectivity index (χ4v) is 1.90. The van der Waals surface area contributed by atoms with Gasteiger partial charge >= 0.3 is 0 Å². The highest BCUT2D eigenvalue weighted by atomic mass is 15.1. The normalized spacial score (nSPS) is 10.2. The fraction of sp³-hybridized carbons (Fsp3) is 0.143. The van der Waals surface area contributed by atoms with Crippen LogP contribution in [0.3, 0.4) is 0 Å². The Morgan fingerprint density at radius 3 is 2.29 bits per heavy atom. The number of anilines is 3. The maximum atomic E-state index is 6.18. The van der Waals surface area contributed by atoms with Crippen LogP contribution in [0.4, 0.5) is 17.1 Å². The Labute approximate surface area is 102 Å². The molecule has 0 saturated carbocycles. The molecule has 2 aromatic carbocycles. The van der Waals surface area contributed by atoms with Gasteiger partial charge < -0.3 is 16.4 Å². The summed E-state index contributed by atoms with van der Waals surface area (Å²) >= 11 is 0. The average molecular weight is 227 g/mol. The number of nitrogens with zero attached hydrogens (tertiary/aromatic N) is 1. The lowest BCUT2D eigenvalue weighted by atomic mass is 10.0. The molecule has 0 fully saturated rings. The Hall–Kier alpha value is -2.16. The van der Waals surface area contributed by atoms with Crippen LogP contribution in [0.5, 0.6) is 0 Å². The van der Waals surface area contributed by atoms with Crippen molar-refractivity contribution < 1.29 is 0 Å². The Morgan fingerprint density at radius 2 is 1.65 bits per heavy atom. The van der Waals surface area contributed by atoms with E-state index in [0.29, 0.717) is 0 Å². The number of nitrogen functional groups attached to an aromatic ring is 2. The van der Waals surface area contributed by atoms with Gasteiger partial charge in [-0.3, -0.25) is 0 Å². The predicted octanol–water partition coefficient (Wildman–Crippen LogP) is 2.58. The fourth-order valence-electron chi connectivity index (χ4n) is 1.90. The first kappa shape index (κ1) is 11.3. The number of para-hydroxylation sites is 1. The minimum absolute atomic E-state index is 0.747. The van der Waals surface area contributed by atoms with Crippen LogP contribution in [0.15, 0.2) is 42.5 Å². The van der Waals surface area contributed by atoms with E-state index >= 15 is 0 Å². The minimum atomic E-state index is 0.747. The summed E-state index contributed by atoms with van der Waals surface area (Å²) in [4.78, 5) is 2.01. The van der Waals surface area contributed by atoms with E-state index in [9.17, 15) is 0 Å². The van der Waals surface area contributed by atoms with Crippen molar-refractivity contribution in [1.82, 2.24) is 0 Å². The number of rotatable bonds is 2. The summed E-state index contributed by atoms with van der Waals surface area (Å²) in [6.07, 6.45) is 0. The number of benzene rings is 2. The summed E-state index contributed by atoms with van der Waals surface area (Å²) in [7, 11) is 3.96. The van der Waals surface area contributed by atoms with Crippen molar-refractivity contribution in [1.29, 1.82) is 0 Å². The third-order valence-electron chi connectivity index (χ3n) is 2.76. The molecule has 3 nitrogen and oxygen atoms in total. The molecule has 0 aromatic heterocycles. The molecule has 0 spiro atoms. The van der Waals surface area contributed by atoms with Crippen LogP contribution in [-0.2, 0) is 0 Å². The molecule has 0 atom stereocenters. The smallest absolute Gasteiger partial charge is 0.0631 e. The molecular formula is C14H17N3. The second-order valence-corrected chi connectivity index (χ2v) is 4.26.